The number of rotatable bonds is 5. The molecule has 0 bridgehead atoms. The van der Waals surface area contributed by atoms with Crippen LogP contribution in [0.1, 0.15) is 23.3 Å². The lowest BCUT2D eigenvalue weighted by Gasteiger charge is -2.03. The Morgan fingerprint density at radius 2 is 1.83 bits per heavy atom. The van der Waals surface area contributed by atoms with Crippen LogP contribution >= 0.6 is 11.3 Å². The second-order valence-corrected chi connectivity index (χ2v) is 7.63. The van der Waals surface area contributed by atoms with Gasteiger partial charge in [0, 0.05) is 15.6 Å². The van der Waals surface area contributed by atoms with Gasteiger partial charge in [-0.05, 0) is 55.8 Å². The van der Waals surface area contributed by atoms with Crippen molar-refractivity contribution in [2.75, 3.05) is 6.54 Å². The van der Waals surface area contributed by atoms with E-state index in [9.17, 15) is 0 Å². The van der Waals surface area contributed by atoms with E-state index in [2.05, 4.69) is 60.4 Å². The third-order valence-corrected chi connectivity index (χ3v) is 5.69. The van der Waals surface area contributed by atoms with Crippen molar-refractivity contribution in [1.29, 1.82) is 0 Å². The van der Waals surface area contributed by atoms with Crippen LogP contribution in [0.5, 0.6) is 0 Å². The summed E-state index contributed by atoms with van der Waals surface area (Å²) in [4.78, 5) is 6.42. The van der Waals surface area contributed by atoms with E-state index >= 15 is 0 Å². The number of nitrogens with two attached hydrogens (primary N) is 1. The van der Waals surface area contributed by atoms with E-state index in [1.165, 1.54) is 42.7 Å². The molecule has 0 radical (unpaired) electrons. The van der Waals surface area contributed by atoms with Crippen molar-refractivity contribution in [3.8, 4) is 10.6 Å². The first-order valence-electron chi connectivity index (χ1n) is 8.57. The van der Waals surface area contributed by atoms with Gasteiger partial charge in [0.05, 0.1) is 16.1 Å². The van der Waals surface area contributed by atoms with Crippen LogP contribution in [-0.4, -0.2) is 11.5 Å². The fourth-order valence-electron chi connectivity index (χ4n) is 3.48. The van der Waals surface area contributed by atoms with Gasteiger partial charge in [-0.1, -0.05) is 36.4 Å². The largest absolute Gasteiger partial charge is 0.353 e. The number of fused-ring (bicyclic) bond motifs is 3. The minimum atomic E-state index is 0.763. The molecule has 2 aromatic heterocycles. The SMILES string of the molecule is Cc1ccc(-c2[nH]c3c(ccc4ccccc43)c2CCCCN)s1. The lowest BCUT2D eigenvalue weighted by Crippen LogP contribution is -1.99. The summed E-state index contributed by atoms with van der Waals surface area (Å²) in [6, 6.07) is 17.6. The Hall–Kier alpha value is -2.10. The van der Waals surface area contributed by atoms with Gasteiger partial charge in [0.1, 0.15) is 0 Å². The van der Waals surface area contributed by atoms with Gasteiger partial charge in [0.2, 0.25) is 0 Å². The average molecular weight is 334 g/mol. The average Bonchev–Trinajstić information content (AvgIpc) is 3.19. The Kier molecular flexibility index (Phi) is 4.13. The van der Waals surface area contributed by atoms with E-state index < -0.39 is 0 Å². The Morgan fingerprint density at radius 1 is 0.958 bits per heavy atom. The maximum atomic E-state index is 5.70. The molecular weight excluding hydrogens is 312 g/mol. The van der Waals surface area contributed by atoms with E-state index in [0.717, 1.165) is 25.8 Å². The topological polar surface area (TPSA) is 41.8 Å². The molecule has 0 saturated carbocycles. The smallest absolute Gasteiger partial charge is 0.0599 e. The Labute approximate surface area is 146 Å². The predicted octanol–water partition coefficient (Wildman–Crippen LogP) is 5.64. The van der Waals surface area contributed by atoms with Gasteiger partial charge in [-0.2, -0.15) is 0 Å². The molecule has 0 saturated heterocycles. The maximum Gasteiger partial charge on any atom is 0.0599 e. The molecule has 0 aliphatic carbocycles. The van der Waals surface area contributed by atoms with Gasteiger partial charge in [0.25, 0.3) is 0 Å². The van der Waals surface area contributed by atoms with Crippen molar-refractivity contribution in [3.05, 3.63) is 59.0 Å². The Bertz CT molecular complexity index is 994. The Morgan fingerprint density at radius 3 is 2.62 bits per heavy atom. The van der Waals surface area contributed by atoms with Crippen LogP contribution in [0.3, 0.4) is 0 Å². The van der Waals surface area contributed by atoms with E-state index in [1.54, 1.807) is 0 Å². The lowest BCUT2D eigenvalue weighted by molar-refractivity contribution is 0.748. The van der Waals surface area contributed by atoms with Gasteiger partial charge < -0.3 is 10.7 Å². The number of hydrogen-bond acceptors (Lipinski definition) is 2. The third-order valence-electron chi connectivity index (χ3n) is 4.67. The molecule has 0 atom stereocenters. The summed E-state index contributed by atoms with van der Waals surface area (Å²) in [5, 5.41) is 3.94. The number of benzene rings is 2. The van der Waals surface area contributed by atoms with Crippen molar-refractivity contribution >= 4 is 33.0 Å². The summed E-state index contributed by atoms with van der Waals surface area (Å²) < 4.78 is 0. The molecule has 24 heavy (non-hydrogen) atoms. The highest BCUT2D eigenvalue weighted by atomic mass is 32.1. The number of aryl methyl sites for hydroxylation is 2. The molecule has 0 aliphatic rings. The van der Waals surface area contributed by atoms with Crippen LogP contribution in [0.15, 0.2) is 48.5 Å². The summed E-state index contributed by atoms with van der Waals surface area (Å²) in [6.07, 6.45) is 3.28. The molecule has 3 N–H and O–H groups in total. The molecule has 0 spiro atoms. The van der Waals surface area contributed by atoms with E-state index in [-0.39, 0.29) is 0 Å². The summed E-state index contributed by atoms with van der Waals surface area (Å²) in [7, 11) is 0. The van der Waals surface area contributed by atoms with Crippen LogP contribution in [0.25, 0.3) is 32.2 Å². The molecule has 2 heterocycles. The molecule has 0 aliphatic heterocycles. The maximum absolute atomic E-state index is 5.70. The van der Waals surface area contributed by atoms with Crippen LogP contribution in [-0.2, 0) is 6.42 Å². The fraction of sp³-hybridized carbons (Fsp3) is 0.238. The quantitative estimate of drug-likeness (QED) is 0.456. The molecule has 4 aromatic rings. The molecular formula is C21H22N2S. The molecule has 0 fully saturated rings. The standard InChI is InChI=1S/C21H22N2S/c1-14-9-12-19(24-14)21-17(8-4-5-13-22)18-11-10-15-6-2-3-7-16(15)20(18)23-21/h2-3,6-7,9-12,23H,4-5,8,13,22H2,1H3. The summed E-state index contributed by atoms with van der Waals surface area (Å²) in [6.45, 7) is 2.93. The van der Waals surface area contributed by atoms with Gasteiger partial charge >= 0.3 is 0 Å². The van der Waals surface area contributed by atoms with Crippen molar-refractivity contribution in [2.45, 2.75) is 26.2 Å². The van der Waals surface area contributed by atoms with Gasteiger partial charge in [0.15, 0.2) is 0 Å². The summed E-state index contributed by atoms with van der Waals surface area (Å²) >= 11 is 1.86. The second kappa shape index (κ2) is 6.42. The molecule has 2 aromatic carbocycles. The van der Waals surface area contributed by atoms with Crippen molar-refractivity contribution in [3.63, 3.8) is 0 Å². The highest BCUT2D eigenvalue weighted by molar-refractivity contribution is 7.15. The number of unbranched alkanes of at least 4 members (excludes halogenated alkanes) is 1. The molecule has 4 rings (SSSR count). The first-order chi connectivity index (χ1) is 11.8. The molecule has 2 nitrogen and oxygen atoms in total. The van der Waals surface area contributed by atoms with E-state index in [4.69, 9.17) is 5.73 Å². The lowest BCUT2D eigenvalue weighted by atomic mass is 10.0. The molecule has 0 amide bonds. The summed E-state index contributed by atoms with van der Waals surface area (Å²) in [5.74, 6) is 0. The minimum absolute atomic E-state index is 0.763. The van der Waals surface area contributed by atoms with Crippen molar-refractivity contribution in [2.24, 2.45) is 5.73 Å². The van der Waals surface area contributed by atoms with Gasteiger partial charge in [-0.3, -0.25) is 0 Å². The number of nitrogens with one attached hydrogen (secondary N) is 1. The molecule has 3 heteroatoms. The van der Waals surface area contributed by atoms with Gasteiger partial charge in [-0.25, -0.2) is 0 Å². The number of H-pyrrole nitrogens is 1. The van der Waals surface area contributed by atoms with Crippen LogP contribution in [0, 0.1) is 6.92 Å². The third kappa shape index (κ3) is 2.64. The van der Waals surface area contributed by atoms with Gasteiger partial charge in [-0.15, -0.1) is 11.3 Å². The van der Waals surface area contributed by atoms with E-state index in [0.29, 0.717) is 0 Å². The number of thiophene rings is 1. The number of hydrogen-bond donors (Lipinski definition) is 2. The van der Waals surface area contributed by atoms with Crippen molar-refractivity contribution in [1.82, 2.24) is 4.98 Å². The number of aromatic nitrogens is 1. The fourth-order valence-corrected chi connectivity index (χ4v) is 4.37. The Balaban J connectivity index is 1.94. The predicted molar refractivity (Wildman–Crippen MR) is 106 cm³/mol. The highest BCUT2D eigenvalue weighted by Crippen LogP contribution is 2.37. The van der Waals surface area contributed by atoms with Crippen LogP contribution < -0.4 is 5.73 Å². The first kappa shape index (κ1) is 15.4. The number of aromatic amines is 1. The molecule has 0 unspecified atom stereocenters. The second-order valence-electron chi connectivity index (χ2n) is 6.34. The minimum Gasteiger partial charge on any atom is -0.353 e. The summed E-state index contributed by atoms with van der Waals surface area (Å²) in [5.41, 5.74) is 9.69. The zero-order chi connectivity index (χ0) is 16.5. The highest BCUT2D eigenvalue weighted by Gasteiger charge is 2.15. The van der Waals surface area contributed by atoms with Crippen LogP contribution in [0.2, 0.25) is 0 Å². The molecule has 122 valence electrons. The first-order valence-corrected chi connectivity index (χ1v) is 9.39. The van der Waals surface area contributed by atoms with Crippen LogP contribution in [0.4, 0.5) is 0 Å². The van der Waals surface area contributed by atoms with Crippen molar-refractivity contribution < 1.29 is 0 Å². The normalized spacial score (nSPS) is 11.6. The zero-order valence-corrected chi connectivity index (χ0v) is 14.7. The van der Waals surface area contributed by atoms with E-state index in [1.807, 2.05) is 11.3 Å². The zero-order valence-electron chi connectivity index (χ0n) is 13.9. The monoisotopic (exact) mass is 334 g/mol.